The Kier molecular flexibility index (Phi) is 2.90. The SMILES string of the molecule is CC1C(=O)NCCN1c1ccccc1C=O. The molecule has 1 heterocycles. The van der Waals surface area contributed by atoms with Crippen LogP contribution >= 0.6 is 0 Å². The third-order valence-corrected chi connectivity index (χ3v) is 2.87. The highest BCUT2D eigenvalue weighted by atomic mass is 16.2. The average molecular weight is 218 g/mol. The number of piperazine rings is 1. The van der Waals surface area contributed by atoms with Crippen LogP contribution in [0.1, 0.15) is 17.3 Å². The highest BCUT2D eigenvalue weighted by molar-refractivity contribution is 5.90. The van der Waals surface area contributed by atoms with Crippen molar-refractivity contribution in [3.05, 3.63) is 29.8 Å². The second-order valence-electron chi connectivity index (χ2n) is 3.84. The van der Waals surface area contributed by atoms with Gasteiger partial charge in [-0.1, -0.05) is 12.1 Å². The number of rotatable bonds is 2. The van der Waals surface area contributed by atoms with Crippen LogP contribution in [0.25, 0.3) is 0 Å². The lowest BCUT2D eigenvalue weighted by Gasteiger charge is -2.35. The molecule has 0 bridgehead atoms. The van der Waals surface area contributed by atoms with E-state index >= 15 is 0 Å². The van der Waals surface area contributed by atoms with Crippen molar-refractivity contribution in [2.45, 2.75) is 13.0 Å². The molecule has 0 saturated carbocycles. The van der Waals surface area contributed by atoms with E-state index in [2.05, 4.69) is 5.32 Å². The minimum atomic E-state index is -0.227. The number of carbonyl (C=O) groups is 2. The predicted molar refractivity (Wildman–Crippen MR) is 61.6 cm³/mol. The van der Waals surface area contributed by atoms with E-state index in [9.17, 15) is 9.59 Å². The number of aldehydes is 1. The number of nitrogens with one attached hydrogen (secondary N) is 1. The summed E-state index contributed by atoms with van der Waals surface area (Å²) >= 11 is 0. The van der Waals surface area contributed by atoms with Gasteiger partial charge in [0.25, 0.3) is 0 Å². The number of anilines is 1. The summed E-state index contributed by atoms with van der Waals surface area (Å²) in [6.45, 7) is 3.20. The van der Waals surface area contributed by atoms with Gasteiger partial charge in [0.05, 0.1) is 0 Å². The Balaban J connectivity index is 2.35. The van der Waals surface area contributed by atoms with E-state index in [1.54, 1.807) is 6.07 Å². The fourth-order valence-corrected chi connectivity index (χ4v) is 1.96. The molecule has 1 aromatic carbocycles. The number of amides is 1. The van der Waals surface area contributed by atoms with Gasteiger partial charge in [0.2, 0.25) is 5.91 Å². The van der Waals surface area contributed by atoms with E-state index in [1.807, 2.05) is 30.0 Å². The van der Waals surface area contributed by atoms with Crippen LogP contribution < -0.4 is 10.2 Å². The van der Waals surface area contributed by atoms with Gasteiger partial charge in [-0.15, -0.1) is 0 Å². The first kappa shape index (κ1) is 10.7. The Morgan fingerprint density at radius 2 is 2.19 bits per heavy atom. The summed E-state index contributed by atoms with van der Waals surface area (Å²) in [7, 11) is 0. The first-order valence-corrected chi connectivity index (χ1v) is 5.32. The molecule has 4 heteroatoms. The van der Waals surface area contributed by atoms with Crippen LogP contribution in [0.4, 0.5) is 5.69 Å². The van der Waals surface area contributed by atoms with Gasteiger partial charge in [0.15, 0.2) is 6.29 Å². The largest absolute Gasteiger partial charge is 0.357 e. The fourth-order valence-electron chi connectivity index (χ4n) is 1.96. The molecule has 1 amide bonds. The van der Waals surface area contributed by atoms with Crippen molar-refractivity contribution in [3.8, 4) is 0 Å². The van der Waals surface area contributed by atoms with Gasteiger partial charge in [-0.25, -0.2) is 0 Å². The molecule has 1 saturated heterocycles. The molecular formula is C12H14N2O2. The summed E-state index contributed by atoms with van der Waals surface area (Å²) in [5.74, 6) is 0.00644. The smallest absolute Gasteiger partial charge is 0.242 e. The molecule has 1 atom stereocenters. The van der Waals surface area contributed by atoms with Crippen molar-refractivity contribution in [1.29, 1.82) is 0 Å². The molecule has 0 aliphatic carbocycles. The zero-order chi connectivity index (χ0) is 11.5. The Hall–Kier alpha value is -1.84. The molecule has 1 fully saturated rings. The van der Waals surface area contributed by atoms with Crippen molar-refractivity contribution in [1.82, 2.24) is 5.32 Å². The van der Waals surface area contributed by atoms with Gasteiger partial charge < -0.3 is 10.2 Å². The van der Waals surface area contributed by atoms with Crippen LogP contribution in [0.3, 0.4) is 0 Å². The molecule has 1 aliphatic rings. The molecule has 0 radical (unpaired) electrons. The molecular weight excluding hydrogens is 204 g/mol. The summed E-state index contributed by atoms with van der Waals surface area (Å²) in [5, 5.41) is 2.80. The van der Waals surface area contributed by atoms with Gasteiger partial charge in [-0.05, 0) is 19.1 Å². The maximum Gasteiger partial charge on any atom is 0.242 e. The number of para-hydroxylation sites is 1. The maximum absolute atomic E-state index is 11.5. The maximum atomic E-state index is 11.5. The van der Waals surface area contributed by atoms with E-state index in [0.717, 1.165) is 18.5 Å². The summed E-state index contributed by atoms with van der Waals surface area (Å²) < 4.78 is 0. The molecule has 1 aromatic rings. The lowest BCUT2D eigenvalue weighted by Crippen LogP contribution is -2.54. The first-order valence-electron chi connectivity index (χ1n) is 5.32. The zero-order valence-corrected chi connectivity index (χ0v) is 9.14. The number of benzene rings is 1. The van der Waals surface area contributed by atoms with Crippen molar-refractivity contribution in [2.75, 3.05) is 18.0 Å². The zero-order valence-electron chi connectivity index (χ0n) is 9.14. The molecule has 16 heavy (non-hydrogen) atoms. The monoisotopic (exact) mass is 218 g/mol. The predicted octanol–water partition coefficient (Wildman–Crippen LogP) is 0.824. The second kappa shape index (κ2) is 4.35. The van der Waals surface area contributed by atoms with Crippen LogP contribution in [-0.4, -0.2) is 31.3 Å². The van der Waals surface area contributed by atoms with Gasteiger partial charge in [0.1, 0.15) is 6.04 Å². The van der Waals surface area contributed by atoms with E-state index in [1.165, 1.54) is 0 Å². The molecule has 0 spiro atoms. The van der Waals surface area contributed by atoms with Crippen molar-refractivity contribution in [3.63, 3.8) is 0 Å². The van der Waals surface area contributed by atoms with Gasteiger partial charge in [0, 0.05) is 24.3 Å². The molecule has 1 N–H and O–H groups in total. The molecule has 1 unspecified atom stereocenters. The average Bonchev–Trinajstić information content (AvgIpc) is 2.33. The summed E-state index contributed by atoms with van der Waals surface area (Å²) in [4.78, 5) is 24.4. The highest BCUT2D eigenvalue weighted by Crippen LogP contribution is 2.22. The summed E-state index contributed by atoms with van der Waals surface area (Å²) in [6.07, 6.45) is 0.828. The third kappa shape index (κ3) is 1.78. The Morgan fingerprint density at radius 1 is 1.44 bits per heavy atom. The lowest BCUT2D eigenvalue weighted by molar-refractivity contribution is -0.122. The van der Waals surface area contributed by atoms with Gasteiger partial charge in [-0.2, -0.15) is 0 Å². The van der Waals surface area contributed by atoms with Crippen molar-refractivity contribution in [2.24, 2.45) is 0 Å². The minimum absolute atomic E-state index is 0.00644. The molecule has 84 valence electrons. The Morgan fingerprint density at radius 3 is 2.94 bits per heavy atom. The van der Waals surface area contributed by atoms with Crippen molar-refractivity contribution < 1.29 is 9.59 Å². The Labute approximate surface area is 94.2 Å². The van der Waals surface area contributed by atoms with E-state index in [0.29, 0.717) is 12.1 Å². The minimum Gasteiger partial charge on any atom is -0.357 e. The number of carbonyl (C=O) groups excluding carboxylic acids is 2. The number of nitrogens with zero attached hydrogens (tertiary/aromatic N) is 1. The quantitative estimate of drug-likeness (QED) is 0.748. The van der Waals surface area contributed by atoms with E-state index < -0.39 is 0 Å². The standard InChI is InChI=1S/C12H14N2O2/c1-9-12(16)13-6-7-14(9)11-5-3-2-4-10(11)8-15/h2-5,8-9H,6-7H2,1H3,(H,13,16). The molecule has 1 aliphatic heterocycles. The lowest BCUT2D eigenvalue weighted by atomic mass is 10.1. The first-order chi connectivity index (χ1) is 7.74. The number of hydrogen-bond acceptors (Lipinski definition) is 3. The normalized spacial score (nSPS) is 20.4. The molecule has 2 rings (SSSR count). The second-order valence-corrected chi connectivity index (χ2v) is 3.84. The van der Waals surface area contributed by atoms with Crippen LogP contribution in [0.5, 0.6) is 0 Å². The topological polar surface area (TPSA) is 49.4 Å². The van der Waals surface area contributed by atoms with Gasteiger partial charge >= 0.3 is 0 Å². The third-order valence-electron chi connectivity index (χ3n) is 2.87. The highest BCUT2D eigenvalue weighted by Gasteiger charge is 2.26. The van der Waals surface area contributed by atoms with Crippen LogP contribution in [0.15, 0.2) is 24.3 Å². The van der Waals surface area contributed by atoms with Gasteiger partial charge in [-0.3, -0.25) is 9.59 Å². The molecule has 0 aromatic heterocycles. The summed E-state index contributed by atoms with van der Waals surface area (Å²) in [5.41, 5.74) is 1.46. The van der Waals surface area contributed by atoms with Crippen molar-refractivity contribution >= 4 is 17.9 Å². The van der Waals surface area contributed by atoms with Crippen LogP contribution in [-0.2, 0) is 4.79 Å². The molecule has 4 nitrogen and oxygen atoms in total. The van der Waals surface area contributed by atoms with E-state index in [-0.39, 0.29) is 11.9 Å². The number of hydrogen-bond donors (Lipinski definition) is 1. The Bertz CT molecular complexity index is 417. The summed E-state index contributed by atoms with van der Waals surface area (Å²) in [6, 6.07) is 7.11. The van der Waals surface area contributed by atoms with Crippen LogP contribution in [0, 0.1) is 0 Å². The fraction of sp³-hybridized carbons (Fsp3) is 0.333. The van der Waals surface area contributed by atoms with E-state index in [4.69, 9.17) is 0 Å². The van der Waals surface area contributed by atoms with Crippen LogP contribution in [0.2, 0.25) is 0 Å².